The van der Waals surface area contributed by atoms with Crippen molar-refractivity contribution in [3.05, 3.63) is 77.6 Å². The smallest absolute Gasteiger partial charge is 0.237 e. The van der Waals surface area contributed by atoms with Crippen LogP contribution in [-0.4, -0.2) is 40.8 Å². The molecule has 1 aromatic heterocycles. The molecule has 0 saturated carbocycles. The number of rotatable bonds is 6. The van der Waals surface area contributed by atoms with Gasteiger partial charge in [-0.15, -0.1) is 0 Å². The first kappa shape index (κ1) is 20.0. The first-order chi connectivity index (χ1) is 14.6. The minimum atomic E-state index is -0.469. The minimum absolute atomic E-state index is 0.0859. The van der Waals surface area contributed by atoms with E-state index in [1.54, 1.807) is 12.4 Å². The summed E-state index contributed by atoms with van der Waals surface area (Å²) in [5, 5.41) is 8.21. The van der Waals surface area contributed by atoms with Crippen molar-refractivity contribution in [2.75, 3.05) is 13.1 Å². The Bertz CT molecular complexity index is 1070. The number of benzene rings is 2. The topological polar surface area (TPSA) is 74.3 Å². The number of piperazine rings is 1. The summed E-state index contributed by atoms with van der Waals surface area (Å²) in [5.74, 6) is -0.214. The number of nitrogens with one attached hydrogen (secondary N) is 2. The van der Waals surface area contributed by atoms with Gasteiger partial charge in [-0.2, -0.15) is 0 Å². The molecule has 1 fully saturated rings. The molecule has 0 aliphatic carbocycles. The highest BCUT2D eigenvalue weighted by Crippen LogP contribution is 2.19. The number of nitrogens with zero attached hydrogens (tertiary/aromatic N) is 2. The van der Waals surface area contributed by atoms with E-state index in [1.165, 1.54) is 10.8 Å². The number of fused-ring (bicyclic) bond motifs is 1. The molecule has 1 unspecified atom stereocenters. The van der Waals surface area contributed by atoms with Gasteiger partial charge >= 0.3 is 0 Å². The zero-order valence-corrected chi connectivity index (χ0v) is 17.1. The van der Waals surface area contributed by atoms with Gasteiger partial charge in [0.05, 0.1) is 12.5 Å². The van der Waals surface area contributed by atoms with Crippen molar-refractivity contribution in [3.8, 4) is 0 Å². The van der Waals surface area contributed by atoms with E-state index in [0.29, 0.717) is 19.6 Å². The first-order valence-corrected chi connectivity index (χ1v) is 10.3. The number of pyridine rings is 1. The molecule has 4 rings (SSSR count). The van der Waals surface area contributed by atoms with Crippen LogP contribution in [0.4, 0.5) is 0 Å². The van der Waals surface area contributed by atoms with E-state index < -0.39 is 6.04 Å². The predicted molar refractivity (Wildman–Crippen MR) is 117 cm³/mol. The summed E-state index contributed by atoms with van der Waals surface area (Å²) in [5.41, 5.74) is 3.20. The molecule has 0 bridgehead atoms. The standard InChI is InChI=1S/C24H26N4O2/c1-17-14-25-9-8-21(17)15-27-23(29)13-22-24(30)26-10-11-28(22)16-18-6-7-19-4-2-3-5-20(19)12-18/h2-9,12,14,22H,10-11,13,15-16H2,1H3,(H,26,30)(H,27,29). The molecule has 2 aromatic carbocycles. The number of hydrogen-bond donors (Lipinski definition) is 2. The average Bonchev–Trinajstić information content (AvgIpc) is 2.75. The molecule has 2 heterocycles. The Labute approximate surface area is 176 Å². The van der Waals surface area contributed by atoms with Crippen LogP contribution in [0.15, 0.2) is 60.9 Å². The predicted octanol–water partition coefficient (Wildman–Crippen LogP) is 2.55. The molecule has 2 amide bonds. The molecule has 6 nitrogen and oxygen atoms in total. The zero-order chi connectivity index (χ0) is 20.9. The number of aromatic nitrogens is 1. The van der Waals surface area contributed by atoms with Gasteiger partial charge in [0.2, 0.25) is 11.8 Å². The number of amides is 2. The Balaban J connectivity index is 1.42. The number of hydrogen-bond acceptors (Lipinski definition) is 4. The summed E-state index contributed by atoms with van der Waals surface area (Å²) >= 11 is 0. The van der Waals surface area contributed by atoms with Crippen molar-refractivity contribution >= 4 is 22.6 Å². The molecule has 0 radical (unpaired) electrons. The van der Waals surface area contributed by atoms with Crippen molar-refractivity contribution < 1.29 is 9.59 Å². The summed E-state index contributed by atoms with van der Waals surface area (Å²) in [6.07, 6.45) is 3.64. The van der Waals surface area contributed by atoms with Crippen LogP contribution in [-0.2, 0) is 22.7 Å². The van der Waals surface area contributed by atoms with Crippen LogP contribution in [0.1, 0.15) is 23.1 Å². The lowest BCUT2D eigenvalue weighted by Crippen LogP contribution is -2.56. The van der Waals surface area contributed by atoms with E-state index in [9.17, 15) is 9.59 Å². The first-order valence-electron chi connectivity index (χ1n) is 10.3. The normalized spacial score (nSPS) is 17.0. The highest BCUT2D eigenvalue weighted by atomic mass is 16.2. The van der Waals surface area contributed by atoms with Crippen molar-refractivity contribution in [1.82, 2.24) is 20.5 Å². The van der Waals surface area contributed by atoms with Crippen LogP contribution in [0.2, 0.25) is 0 Å². The third kappa shape index (κ3) is 4.66. The fourth-order valence-electron chi connectivity index (χ4n) is 3.89. The van der Waals surface area contributed by atoms with E-state index in [-0.39, 0.29) is 18.2 Å². The number of carbonyl (C=O) groups excluding carboxylic acids is 2. The maximum absolute atomic E-state index is 12.6. The molecule has 154 valence electrons. The van der Waals surface area contributed by atoms with Gasteiger partial charge in [-0.1, -0.05) is 36.4 Å². The van der Waals surface area contributed by atoms with Gasteiger partial charge in [-0.3, -0.25) is 19.5 Å². The summed E-state index contributed by atoms with van der Waals surface area (Å²) in [4.78, 5) is 31.3. The van der Waals surface area contributed by atoms with Crippen LogP contribution in [0, 0.1) is 6.92 Å². The largest absolute Gasteiger partial charge is 0.353 e. The lowest BCUT2D eigenvalue weighted by atomic mass is 10.0. The van der Waals surface area contributed by atoms with E-state index in [4.69, 9.17) is 0 Å². The van der Waals surface area contributed by atoms with Gasteiger partial charge in [-0.25, -0.2) is 0 Å². The second-order valence-corrected chi connectivity index (χ2v) is 7.74. The summed E-state index contributed by atoms with van der Waals surface area (Å²) in [6.45, 7) is 4.36. The van der Waals surface area contributed by atoms with Crippen molar-refractivity contribution in [2.24, 2.45) is 0 Å². The third-order valence-electron chi connectivity index (χ3n) is 5.63. The van der Waals surface area contributed by atoms with Crippen LogP contribution in [0.3, 0.4) is 0 Å². The monoisotopic (exact) mass is 402 g/mol. The molecule has 6 heteroatoms. The maximum Gasteiger partial charge on any atom is 0.237 e. The van der Waals surface area contributed by atoms with Gasteiger partial charge in [0.1, 0.15) is 0 Å². The quantitative estimate of drug-likeness (QED) is 0.665. The molecule has 30 heavy (non-hydrogen) atoms. The Kier molecular flexibility index (Phi) is 6.05. The van der Waals surface area contributed by atoms with Crippen molar-refractivity contribution in [3.63, 3.8) is 0 Å². The van der Waals surface area contributed by atoms with Gasteiger partial charge in [0.25, 0.3) is 0 Å². The maximum atomic E-state index is 12.6. The second-order valence-electron chi connectivity index (χ2n) is 7.74. The molecular formula is C24H26N4O2. The van der Waals surface area contributed by atoms with Gasteiger partial charge in [-0.05, 0) is 46.5 Å². The van der Waals surface area contributed by atoms with Crippen molar-refractivity contribution in [1.29, 1.82) is 0 Å². The molecule has 1 aliphatic rings. The molecule has 1 saturated heterocycles. The lowest BCUT2D eigenvalue weighted by molar-refractivity contribution is -0.134. The minimum Gasteiger partial charge on any atom is -0.353 e. The van der Waals surface area contributed by atoms with E-state index in [1.807, 2.05) is 25.1 Å². The molecule has 0 spiro atoms. The highest BCUT2D eigenvalue weighted by Gasteiger charge is 2.31. The van der Waals surface area contributed by atoms with Crippen LogP contribution >= 0.6 is 0 Å². The van der Waals surface area contributed by atoms with Crippen LogP contribution in [0.25, 0.3) is 10.8 Å². The number of carbonyl (C=O) groups is 2. The second kappa shape index (κ2) is 9.05. The molecule has 1 atom stereocenters. The summed E-state index contributed by atoms with van der Waals surface area (Å²) < 4.78 is 0. The van der Waals surface area contributed by atoms with Gasteiger partial charge in [0.15, 0.2) is 0 Å². The molecule has 3 aromatic rings. The van der Waals surface area contributed by atoms with Crippen LogP contribution < -0.4 is 10.6 Å². The Morgan fingerprint density at radius 1 is 1.20 bits per heavy atom. The van der Waals surface area contributed by atoms with E-state index >= 15 is 0 Å². The molecule has 1 aliphatic heterocycles. The van der Waals surface area contributed by atoms with E-state index in [2.05, 4.69) is 50.8 Å². The average molecular weight is 402 g/mol. The van der Waals surface area contributed by atoms with Gasteiger partial charge in [0, 0.05) is 38.6 Å². The fraction of sp³-hybridized carbons (Fsp3) is 0.292. The Morgan fingerprint density at radius 3 is 2.87 bits per heavy atom. The Morgan fingerprint density at radius 2 is 2.03 bits per heavy atom. The highest BCUT2D eigenvalue weighted by molar-refractivity contribution is 5.89. The SMILES string of the molecule is Cc1cnccc1CNC(=O)CC1C(=O)NCCN1Cc1ccc2ccccc2c1. The zero-order valence-electron chi connectivity index (χ0n) is 17.1. The molecular weight excluding hydrogens is 376 g/mol. The third-order valence-corrected chi connectivity index (χ3v) is 5.63. The van der Waals surface area contributed by atoms with Crippen LogP contribution in [0.5, 0.6) is 0 Å². The van der Waals surface area contributed by atoms with E-state index in [0.717, 1.165) is 23.2 Å². The summed E-state index contributed by atoms with van der Waals surface area (Å²) in [7, 11) is 0. The fourth-order valence-corrected chi connectivity index (χ4v) is 3.89. The summed E-state index contributed by atoms with van der Waals surface area (Å²) in [6, 6.07) is 16.0. The lowest BCUT2D eigenvalue weighted by Gasteiger charge is -2.34. The van der Waals surface area contributed by atoms with Gasteiger partial charge < -0.3 is 10.6 Å². The number of aryl methyl sites for hydroxylation is 1. The molecule has 2 N–H and O–H groups in total. The Hall–Kier alpha value is -3.25. The van der Waals surface area contributed by atoms with Crippen molar-refractivity contribution in [2.45, 2.75) is 32.5 Å².